The van der Waals surface area contributed by atoms with Crippen LogP contribution in [-0.4, -0.2) is 34.7 Å². The van der Waals surface area contributed by atoms with Crippen LogP contribution >= 0.6 is 0 Å². The van der Waals surface area contributed by atoms with Gasteiger partial charge in [0.15, 0.2) is 5.82 Å². The molecule has 4 heterocycles. The van der Waals surface area contributed by atoms with Crippen LogP contribution in [0.5, 0.6) is 0 Å². The van der Waals surface area contributed by atoms with Crippen LogP contribution in [0.3, 0.4) is 0 Å². The Balaban J connectivity index is 1.30. The molecule has 0 radical (unpaired) electrons. The van der Waals surface area contributed by atoms with E-state index < -0.39 is 0 Å². The number of aryl methyl sites for hydroxylation is 1. The molecule has 5 aromatic rings. The van der Waals surface area contributed by atoms with Crippen molar-refractivity contribution < 1.29 is 0 Å². The van der Waals surface area contributed by atoms with E-state index in [1.165, 1.54) is 24.8 Å². The van der Waals surface area contributed by atoms with E-state index in [-0.39, 0.29) is 0 Å². The van der Waals surface area contributed by atoms with Crippen LogP contribution in [0.2, 0.25) is 0 Å². The van der Waals surface area contributed by atoms with Crippen molar-refractivity contribution in [3.05, 3.63) is 78.6 Å². The Morgan fingerprint density at radius 2 is 1.88 bits per heavy atom. The summed E-state index contributed by atoms with van der Waals surface area (Å²) in [6.07, 6.45) is 10.9. The lowest BCUT2D eigenvalue weighted by Crippen LogP contribution is -2.11. The summed E-state index contributed by atoms with van der Waals surface area (Å²) >= 11 is 0. The van der Waals surface area contributed by atoms with Crippen molar-refractivity contribution >= 4 is 22.7 Å². The quantitative estimate of drug-likeness (QED) is 0.416. The van der Waals surface area contributed by atoms with Crippen LogP contribution in [0.4, 0.5) is 11.8 Å². The molecule has 0 spiro atoms. The minimum Gasteiger partial charge on any atom is -0.307 e. The Labute approximate surface area is 190 Å². The monoisotopic (exact) mass is 434 g/mol. The molecule has 0 saturated heterocycles. The molecule has 0 unspecified atom stereocenters. The average molecular weight is 435 g/mol. The zero-order valence-electron chi connectivity index (χ0n) is 18.2. The van der Waals surface area contributed by atoms with Gasteiger partial charge in [0.1, 0.15) is 12.1 Å². The molecule has 0 atom stereocenters. The molecule has 33 heavy (non-hydrogen) atoms. The van der Waals surface area contributed by atoms with Gasteiger partial charge in [-0.25, -0.2) is 19.6 Å². The summed E-state index contributed by atoms with van der Waals surface area (Å²) in [5, 5.41) is 8.80. The number of rotatable bonds is 5. The zero-order valence-corrected chi connectivity index (χ0v) is 18.2. The van der Waals surface area contributed by atoms with Crippen molar-refractivity contribution in [1.82, 2.24) is 34.7 Å². The van der Waals surface area contributed by atoms with Crippen LogP contribution in [0.25, 0.3) is 28.0 Å². The lowest BCUT2D eigenvalue weighted by atomic mass is 9.79. The summed E-state index contributed by atoms with van der Waals surface area (Å²) in [4.78, 5) is 22.9. The van der Waals surface area contributed by atoms with Gasteiger partial charge in [0.2, 0.25) is 5.95 Å². The van der Waals surface area contributed by atoms with E-state index in [4.69, 9.17) is 9.97 Å². The van der Waals surface area contributed by atoms with Crippen LogP contribution in [0.1, 0.15) is 36.4 Å². The summed E-state index contributed by atoms with van der Waals surface area (Å²) in [5.74, 6) is 2.32. The van der Waals surface area contributed by atoms with Gasteiger partial charge in [0.05, 0.1) is 17.4 Å². The molecule has 1 aliphatic rings. The minimum atomic E-state index is 0.466. The summed E-state index contributed by atoms with van der Waals surface area (Å²) in [6, 6.07) is 13.7. The number of hydrogen-bond donors (Lipinski definition) is 1. The largest absolute Gasteiger partial charge is 0.307 e. The second-order valence-electron chi connectivity index (χ2n) is 8.29. The molecule has 6 rings (SSSR count). The van der Waals surface area contributed by atoms with E-state index >= 15 is 0 Å². The standard InChI is InChI=1S/C25H22N8/c1-16-23-20(17-6-5-7-17)13-26-14-21(23)30-24(29-16)18-10-11-27-22(12-18)31-25-28-15-33(32-25)19-8-3-2-4-9-19/h2-4,8-15,17H,5-7H2,1H3,(H,27,31,32). The SMILES string of the molecule is Cc1nc(-c2ccnc(Nc3ncn(-c4ccccc4)n3)c2)nc2cncc(C3CCC3)c12. The Morgan fingerprint density at radius 3 is 2.70 bits per heavy atom. The number of pyridine rings is 2. The third kappa shape index (κ3) is 3.69. The van der Waals surface area contributed by atoms with E-state index in [2.05, 4.69) is 32.3 Å². The van der Waals surface area contributed by atoms with E-state index in [1.54, 1.807) is 17.2 Å². The van der Waals surface area contributed by atoms with Gasteiger partial charge in [-0.05, 0) is 55.5 Å². The molecule has 4 aromatic heterocycles. The molecule has 162 valence electrons. The summed E-state index contributed by atoms with van der Waals surface area (Å²) < 4.78 is 1.72. The van der Waals surface area contributed by atoms with Gasteiger partial charge in [-0.15, -0.1) is 5.10 Å². The molecule has 1 aliphatic carbocycles. The van der Waals surface area contributed by atoms with Gasteiger partial charge >= 0.3 is 0 Å². The maximum Gasteiger partial charge on any atom is 0.248 e. The van der Waals surface area contributed by atoms with E-state index in [1.807, 2.05) is 54.9 Å². The normalized spacial score (nSPS) is 13.7. The number of nitrogens with one attached hydrogen (secondary N) is 1. The molecule has 8 heteroatoms. The number of hydrogen-bond acceptors (Lipinski definition) is 7. The van der Waals surface area contributed by atoms with Gasteiger partial charge < -0.3 is 5.32 Å². The maximum atomic E-state index is 4.84. The lowest BCUT2D eigenvalue weighted by molar-refractivity contribution is 0.421. The fraction of sp³-hybridized carbons (Fsp3) is 0.200. The summed E-state index contributed by atoms with van der Waals surface area (Å²) in [7, 11) is 0. The first-order chi connectivity index (χ1) is 16.2. The number of nitrogens with zero attached hydrogens (tertiary/aromatic N) is 7. The lowest BCUT2D eigenvalue weighted by Gasteiger charge is -2.26. The number of benzene rings is 1. The molecule has 8 nitrogen and oxygen atoms in total. The molecule has 1 aromatic carbocycles. The Morgan fingerprint density at radius 1 is 1.00 bits per heavy atom. The molecule has 1 saturated carbocycles. The average Bonchev–Trinajstić information content (AvgIpc) is 3.27. The highest BCUT2D eigenvalue weighted by Gasteiger charge is 2.23. The molecular weight excluding hydrogens is 412 g/mol. The second kappa shape index (κ2) is 8.05. The Bertz CT molecular complexity index is 1440. The third-order valence-electron chi connectivity index (χ3n) is 6.13. The first-order valence-electron chi connectivity index (χ1n) is 11.1. The van der Waals surface area contributed by atoms with Crippen molar-refractivity contribution in [1.29, 1.82) is 0 Å². The summed E-state index contributed by atoms with van der Waals surface area (Å²) in [6.45, 7) is 2.05. The molecule has 0 bridgehead atoms. The zero-order chi connectivity index (χ0) is 22.2. The molecule has 0 aliphatic heterocycles. The number of anilines is 2. The fourth-order valence-electron chi connectivity index (χ4n) is 4.23. The Kier molecular flexibility index (Phi) is 4.75. The number of aromatic nitrogens is 7. The highest BCUT2D eigenvalue weighted by molar-refractivity contribution is 5.85. The third-order valence-corrected chi connectivity index (χ3v) is 6.13. The van der Waals surface area contributed by atoms with Crippen molar-refractivity contribution in [2.75, 3.05) is 5.32 Å². The predicted octanol–water partition coefficient (Wildman–Crippen LogP) is 4.99. The summed E-state index contributed by atoms with van der Waals surface area (Å²) in [5.41, 5.74) is 4.95. The van der Waals surface area contributed by atoms with Crippen molar-refractivity contribution in [2.24, 2.45) is 0 Å². The first kappa shape index (κ1) is 19.5. The van der Waals surface area contributed by atoms with E-state index in [0.29, 0.717) is 23.5 Å². The van der Waals surface area contributed by atoms with Crippen molar-refractivity contribution in [3.8, 4) is 17.1 Å². The number of fused-ring (bicyclic) bond motifs is 1. The fourth-order valence-corrected chi connectivity index (χ4v) is 4.23. The predicted molar refractivity (Wildman–Crippen MR) is 127 cm³/mol. The number of para-hydroxylation sites is 1. The van der Waals surface area contributed by atoms with Crippen LogP contribution in [0, 0.1) is 6.92 Å². The van der Waals surface area contributed by atoms with Gasteiger partial charge in [-0.1, -0.05) is 24.6 Å². The maximum absolute atomic E-state index is 4.84. The van der Waals surface area contributed by atoms with Crippen LogP contribution in [0.15, 0.2) is 67.4 Å². The van der Waals surface area contributed by atoms with Crippen molar-refractivity contribution in [3.63, 3.8) is 0 Å². The van der Waals surface area contributed by atoms with Crippen molar-refractivity contribution in [2.45, 2.75) is 32.1 Å². The minimum absolute atomic E-state index is 0.466. The van der Waals surface area contributed by atoms with E-state index in [9.17, 15) is 0 Å². The highest BCUT2D eigenvalue weighted by atomic mass is 15.4. The highest BCUT2D eigenvalue weighted by Crippen LogP contribution is 2.39. The van der Waals surface area contributed by atoms with Crippen LogP contribution < -0.4 is 5.32 Å². The van der Waals surface area contributed by atoms with Gasteiger partial charge in [0.25, 0.3) is 0 Å². The second-order valence-corrected chi connectivity index (χ2v) is 8.29. The Hall–Kier alpha value is -4.20. The molecule has 0 amide bonds. The topological polar surface area (TPSA) is 94.3 Å². The van der Waals surface area contributed by atoms with E-state index in [0.717, 1.165) is 27.8 Å². The van der Waals surface area contributed by atoms with Crippen LogP contribution in [-0.2, 0) is 0 Å². The van der Waals surface area contributed by atoms with Gasteiger partial charge in [-0.2, -0.15) is 4.98 Å². The molecule has 1 N–H and O–H groups in total. The molecule has 1 fully saturated rings. The van der Waals surface area contributed by atoms with Gasteiger partial charge in [0, 0.05) is 29.0 Å². The molecular formula is C25H22N8. The smallest absolute Gasteiger partial charge is 0.248 e. The first-order valence-corrected chi connectivity index (χ1v) is 11.1. The van der Waals surface area contributed by atoms with Gasteiger partial charge in [-0.3, -0.25) is 4.98 Å².